The zero-order valence-corrected chi connectivity index (χ0v) is 15.3. The van der Waals surface area contributed by atoms with Gasteiger partial charge in [0, 0.05) is 12.5 Å². The molecular formula is C20H18F2N2O4. The molecule has 2 aromatic rings. The molecule has 6 nitrogen and oxygen atoms in total. The van der Waals surface area contributed by atoms with E-state index in [1.807, 2.05) is 0 Å². The van der Waals surface area contributed by atoms with Gasteiger partial charge >= 0.3 is 6.09 Å². The Morgan fingerprint density at radius 1 is 1.14 bits per heavy atom. The molecule has 1 fully saturated rings. The molecule has 1 saturated heterocycles. The summed E-state index contributed by atoms with van der Waals surface area (Å²) in [6.07, 6.45) is -1.35. The molecule has 146 valence electrons. The average molecular weight is 388 g/mol. The number of amides is 2. The summed E-state index contributed by atoms with van der Waals surface area (Å²) in [4.78, 5) is 35.4. The first-order valence-corrected chi connectivity index (χ1v) is 8.59. The van der Waals surface area contributed by atoms with Gasteiger partial charge in [-0.15, -0.1) is 0 Å². The van der Waals surface area contributed by atoms with Crippen molar-refractivity contribution in [2.75, 3.05) is 18.0 Å². The standard InChI is InChI=1S/C20H18F2N2O4/c1-11(25)13-3-5-14(6-4-13)19-17(21)7-15(8-18(19)22)24-10-16(28-20(24)27)9-23-12(2)26/h3-8,16H,9-10H2,1-2H3,(H,23,26)/t16-/m0/s1. The van der Waals surface area contributed by atoms with Crippen LogP contribution in [0.4, 0.5) is 19.3 Å². The van der Waals surface area contributed by atoms with Crippen LogP contribution in [-0.2, 0) is 9.53 Å². The molecule has 2 amide bonds. The zero-order chi connectivity index (χ0) is 20.4. The molecule has 1 aliphatic rings. The second kappa shape index (κ2) is 7.75. The number of anilines is 1. The van der Waals surface area contributed by atoms with Gasteiger partial charge in [0.25, 0.3) is 0 Å². The quantitative estimate of drug-likeness (QED) is 0.798. The summed E-state index contributed by atoms with van der Waals surface area (Å²) in [6, 6.07) is 8.03. The van der Waals surface area contributed by atoms with E-state index in [4.69, 9.17) is 4.74 Å². The van der Waals surface area contributed by atoms with Gasteiger partial charge in [-0.25, -0.2) is 13.6 Å². The van der Waals surface area contributed by atoms with Crippen molar-refractivity contribution in [1.29, 1.82) is 0 Å². The fourth-order valence-electron chi connectivity index (χ4n) is 2.96. The number of rotatable bonds is 5. The lowest BCUT2D eigenvalue weighted by molar-refractivity contribution is -0.119. The molecule has 28 heavy (non-hydrogen) atoms. The van der Waals surface area contributed by atoms with E-state index in [9.17, 15) is 23.2 Å². The van der Waals surface area contributed by atoms with E-state index in [-0.39, 0.29) is 41.6 Å². The summed E-state index contributed by atoms with van der Waals surface area (Å²) in [5, 5.41) is 2.53. The van der Waals surface area contributed by atoms with E-state index in [0.717, 1.165) is 17.0 Å². The number of ether oxygens (including phenoxy) is 1. The molecule has 1 heterocycles. The highest BCUT2D eigenvalue weighted by molar-refractivity contribution is 5.94. The van der Waals surface area contributed by atoms with Gasteiger partial charge in [0.2, 0.25) is 5.91 Å². The van der Waals surface area contributed by atoms with E-state index in [1.165, 1.54) is 38.1 Å². The molecular weight excluding hydrogens is 370 g/mol. The maximum absolute atomic E-state index is 14.6. The molecule has 0 saturated carbocycles. The minimum atomic E-state index is -0.844. The summed E-state index contributed by atoms with van der Waals surface area (Å²) < 4.78 is 34.4. The molecule has 0 spiro atoms. The van der Waals surface area contributed by atoms with Crippen LogP contribution in [0.3, 0.4) is 0 Å². The smallest absolute Gasteiger partial charge is 0.414 e. The summed E-state index contributed by atoms with van der Waals surface area (Å²) in [6.45, 7) is 2.91. The van der Waals surface area contributed by atoms with E-state index in [0.29, 0.717) is 5.56 Å². The van der Waals surface area contributed by atoms with E-state index < -0.39 is 23.8 Å². The van der Waals surface area contributed by atoms with Crippen LogP contribution in [0.1, 0.15) is 24.2 Å². The number of nitrogens with one attached hydrogen (secondary N) is 1. The van der Waals surface area contributed by atoms with Crippen LogP contribution < -0.4 is 10.2 Å². The molecule has 3 rings (SSSR count). The minimum Gasteiger partial charge on any atom is -0.442 e. The van der Waals surface area contributed by atoms with Gasteiger partial charge < -0.3 is 10.1 Å². The third kappa shape index (κ3) is 4.00. The van der Waals surface area contributed by atoms with Crippen molar-refractivity contribution in [3.8, 4) is 11.1 Å². The van der Waals surface area contributed by atoms with Crippen LogP contribution in [0, 0.1) is 11.6 Å². The Balaban J connectivity index is 1.85. The number of halogens is 2. The van der Waals surface area contributed by atoms with Gasteiger partial charge in [0.15, 0.2) is 5.78 Å². The lowest BCUT2D eigenvalue weighted by Crippen LogP contribution is -2.33. The first-order valence-electron chi connectivity index (χ1n) is 8.59. The topological polar surface area (TPSA) is 75.7 Å². The van der Waals surface area contributed by atoms with E-state index in [1.54, 1.807) is 0 Å². The Labute approximate surface area is 160 Å². The molecule has 1 atom stereocenters. The average Bonchev–Trinajstić information content (AvgIpc) is 3.00. The molecule has 0 aliphatic carbocycles. The summed E-state index contributed by atoms with van der Waals surface area (Å²) in [5.74, 6) is -2.11. The van der Waals surface area contributed by atoms with Gasteiger partial charge in [-0.1, -0.05) is 24.3 Å². The molecule has 1 aliphatic heterocycles. The van der Waals surface area contributed by atoms with Crippen molar-refractivity contribution in [3.05, 3.63) is 53.6 Å². The number of carbonyl (C=O) groups is 3. The number of Topliss-reactive ketones (excluding diaryl/α,β-unsaturated/α-hetero) is 1. The van der Waals surface area contributed by atoms with Crippen molar-refractivity contribution in [2.45, 2.75) is 20.0 Å². The number of carbonyl (C=O) groups excluding carboxylic acids is 3. The lowest BCUT2D eigenvalue weighted by Gasteiger charge is -2.15. The highest BCUT2D eigenvalue weighted by Crippen LogP contribution is 2.32. The van der Waals surface area contributed by atoms with Crippen LogP contribution in [0.5, 0.6) is 0 Å². The van der Waals surface area contributed by atoms with E-state index in [2.05, 4.69) is 5.32 Å². The Kier molecular flexibility index (Phi) is 5.39. The van der Waals surface area contributed by atoms with Crippen molar-refractivity contribution in [1.82, 2.24) is 5.32 Å². The third-order valence-electron chi connectivity index (χ3n) is 4.37. The number of nitrogens with zero attached hydrogens (tertiary/aromatic N) is 1. The highest BCUT2D eigenvalue weighted by Gasteiger charge is 2.33. The molecule has 0 radical (unpaired) electrons. The van der Waals surface area contributed by atoms with Gasteiger partial charge in [-0.05, 0) is 24.6 Å². The maximum atomic E-state index is 14.6. The van der Waals surface area contributed by atoms with Gasteiger partial charge in [0.1, 0.15) is 17.7 Å². The van der Waals surface area contributed by atoms with Crippen molar-refractivity contribution >= 4 is 23.5 Å². The van der Waals surface area contributed by atoms with Gasteiger partial charge in [0.05, 0.1) is 24.3 Å². The Bertz CT molecular complexity index is 921. The largest absolute Gasteiger partial charge is 0.442 e. The normalized spacial score (nSPS) is 16.1. The summed E-state index contributed by atoms with van der Waals surface area (Å²) in [7, 11) is 0. The second-order valence-electron chi connectivity index (χ2n) is 6.47. The molecule has 0 bridgehead atoms. The van der Waals surface area contributed by atoms with Crippen LogP contribution >= 0.6 is 0 Å². The molecule has 8 heteroatoms. The Morgan fingerprint density at radius 3 is 2.29 bits per heavy atom. The number of cyclic esters (lactones) is 1. The molecule has 0 unspecified atom stereocenters. The fourth-order valence-corrected chi connectivity index (χ4v) is 2.96. The van der Waals surface area contributed by atoms with Gasteiger partial charge in [-0.2, -0.15) is 0 Å². The van der Waals surface area contributed by atoms with Crippen molar-refractivity contribution in [2.24, 2.45) is 0 Å². The maximum Gasteiger partial charge on any atom is 0.414 e. The summed E-state index contributed by atoms with van der Waals surface area (Å²) >= 11 is 0. The lowest BCUT2D eigenvalue weighted by atomic mass is 10.0. The Morgan fingerprint density at radius 2 is 1.75 bits per heavy atom. The predicted octanol–water partition coefficient (Wildman–Crippen LogP) is 3.30. The van der Waals surface area contributed by atoms with E-state index >= 15 is 0 Å². The van der Waals surface area contributed by atoms with Crippen LogP contribution in [0.25, 0.3) is 11.1 Å². The van der Waals surface area contributed by atoms with Crippen molar-refractivity contribution < 1.29 is 27.9 Å². The SMILES string of the molecule is CC(=O)NC[C@H]1CN(c2cc(F)c(-c3ccc(C(C)=O)cc3)c(F)c2)C(=O)O1. The monoisotopic (exact) mass is 388 g/mol. The highest BCUT2D eigenvalue weighted by atomic mass is 19.1. The first kappa shape index (κ1) is 19.5. The van der Waals surface area contributed by atoms with Crippen molar-refractivity contribution in [3.63, 3.8) is 0 Å². The number of benzene rings is 2. The van der Waals surface area contributed by atoms with Crippen LogP contribution in [-0.4, -0.2) is 37.0 Å². The predicted molar refractivity (Wildman–Crippen MR) is 98.1 cm³/mol. The minimum absolute atomic E-state index is 0.0226. The number of hydrogen-bond donors (Lipinski definition) is 1. The second-order valence-corrected chi connectivity index (χ2v) is 6.47. The molecule has 2 aromatic carbocycles. The first-order chi connectivity index (χ1) is 13.3. The number of hydrogen-bond acceptors (Lipinski definition) is 4. The third-order valence-corrected chi connectivity index (χ3v) is 4.37. The Hall–Kier alpha value is -3.29. The summed E-state index contributed by atoms with van der Waals surface area (Å²) in [5.41, 5.74) is 0.487. The number of ketones is 1. The molecule has 1 N–H and O–H groups in total. The van der Waals surface area contributed by atoms with Crippen LogP contribution in [0.15, 0.2) is 36.4 Å². The fraction of sp³-hybridized carbons (Fsp3) is 0.250. The zero-order valence-electron chi connectivity index (χ0n) is 15.3. The van der Waals surface area contributed by atoms with Crippen LogP contribution in [0.2, 0.25) is 0 Å². The van der Waals surface area contributed by atoms with Gasteiger partial charge in [-0.3, -0.25) is 14.5 Å². The molecule has 0 aromatic heterocycles.